The predicted octanol–water partition coefficient (Wildman–Crippen LogP) is -14.9. The summed E-state index contributed by atoms with van der Waals surface area (Å²) >= 11 is 0. The van der Waals surface area contributed by atoms with Crippen LogP contribution >= 0.6 is 0 Å². The molecular formula is C20H60Cr8N8O30. The summed E-state index contributed by atoms with van der Waals surface area (Å²) in [5.74, 6) is 0. The van der Waals surface area contributed by atoms with Crippen LogP contribution in [0.2, 0.25) is 0 Å². The number of rotatable bonds is 0. The fourth-order valence-corrected chi connectivity index (χ4v) is 3.72. The van der Waals surface area contributed by atoms with Gasteiger partial charge in [0.2, 0.25) is 0 Å². The standard InChI is InChI=1S/2C10H24N4.8Cr.2H2O.28O/c2*1-3-11-7-9-13-5-2-6-14-10-8-12-4-1;;;;;;;;;;;;;;;;;;;;;;;;;;;;;;;;;;;;;;/h2*11-14H,1-10H2;;;;;;;;;2*1H2;;;;;;;;;;;;;;;;;;;;;;;;;;;;/q;;8*+6;;;28*-2/p+8. The molecule has 0 unspecified atom stereocenters. The zero-order chi connectivity index (χ0) is 19.8. The van der Waals surface area contributed by atoms with Crippen LogP contribution in [-0.2, 0) is 292 Å². The van der Waals surface area contributed by atoms with Crippen molar-refractivity contribution in [2.24, 2.45) is 0 Å². The molecule has 0 bridgehead atoms. The molecule has 0 aliphatic carbocycles. The zero-order valence-corrected chi connectivity index (χ0v) is 44.7. The smallest absolute Gasteiger partial charge is 2.00 e. The van der Waals surface area contributed by atoms with E-state index >= 15 is 0 Å². The van der Waals surface area contributed by atoms with E-state index in [1.807, 2.05) is 0 Å². The molecule has 0 radical (unpaired) electrons. The summed E-state index contributed by atoms with van der Waals surface area (Å²) in [5, 5.41) is 19.7. The number of hydrogen-bond donors (Lipinski definition) is 8. The molecule has 0 aromatic rings. The van der Waals surface area contributed by atoms with Gasteiger partial charge < -0.3 is 207 Å². The van der Waals surface area contributed by atoms with Crippen LogP contribution < -0.4 is 42.5 Å². The Hall–Kier alpha value is 2.74. The van der Waals surface area contributed by atoms with Gasteiger partial charge in [-0.1, -0.05) is 0 Å². The predicted molar refractivity (Wildman–Crippen MR) is 138 cm³/mol. The largest absolute Gasteiger partial charge is 6.00 e. The molecule has 38 nitrogen and oxygen atoms in total. The van der Waals surface area contributed by atoms with Gasteiger partial charge in [-0.25, -0.2) is 0 Å². The van der Waals surface area contributed by atoms with Crippen molar-refractivity contribution in [3.8, 4) is 0 Å². The van der Waals surface area contributed by atoms with Gasteiger partial charge in [0.05, 0.1) is 52.4 Å². The molecule has 408 valence electrons. The fraction of sp³-hybridized carbons (Fsp3) is 1.00. The molecule has 0 aromatic heterocycles. The zero-order valence-electron chi connectivity index (χ0n) is 34.5. The second kappa shape index (κ2) is 319. The SMILES string of the molecule is C1C[NH2+]CC[NH2+]CCC[NH2+]CC[NH2+]C1.C1C[NH2+]CC[NH2+]CCC[NH2+]CC[NH2+]C1.O.O.[Cr+6].[Cr+6].[Cr+6].[Cr+6].[Cr+6].[Cr+6].[Cr+6].[Cr+6].[O-2].[O-2].[O-2].[O-2].[O-2].[O-2].[O-2].[O-2].[O-2].[O-2].[O-2].[O-2].[O-2].[O-2].[O-2].[O-2].[O-2].[O-2].[O-2].[O-2].[O-2].[O-2].[O-2].[O-2].[O-2].[O-2].[O-2].[O-2]. The van der Waals surface area contributed by atoms with Crippen LogP contribution in [0.3, 0.4) is 0 Å². The van der Waals surface area contributed by atoms with Crippen LogP contribution in [0.4, 0.5) is 0 Å². The summed E-state index contributed by atoms with van der Waals surface area (Å²) < 4.78 is 0. The molecule has 2 saturated heterocycles. The first-order chi connectivity index (χ1) is 14.0. The quantitative estimate of drug-likeness (QED) is 0.112. The summed E-state index contributed by atoms with van der Waals surface area (Å²) in [6, 6.07) is 0. The first-order valence-corrected chi connectivity index (χ1v) is 12.5. The van der Waals surface area contributed by atoms with Crippen LogP contribution in [0.15, 0.2) is 0 Å². The molecule has 0 saturated carbocycles. The molecule has 2 aliphatic rings. The molecule has 0 atom stereocenters. The Kier molecular flexibility index (Phi) is 1610. The second-order valence-electron chi connectivity index (χ2n) is 8.34. The Balaban J connectivity index is -0.00000000419. The number of nitrogens with two attached hydrogens (primary N) is 8. The van der Waals surface area contributed by atoms with Gasteiger partial charge in [-0.3, -0.25) is 0 Å². The van der Waals surface area contributed by atoms with Crippen molar-refractivity contribution in [2.45, 2.75) is 25.7 Å². The van der Waals surface area contributed by atoms with Crippen molar-refractivity contribution >= 4 is 0 Å². The third-order valence-electron chi connectivity index (χ3n) is 5.57. The van der Waals surface area contributed by atoms with E-state index in [9.17, 15) is 0 Å². The Labute approximate surface area is 472 Å². The average molecular weight is 1310 g/mol. The van der Waals surface area contributed by atoms with E-state index in [0.717, 1.165) is 0 Å². The minimum atomic E-state index is 0. The first-order valence-electron chi connectivity index (χ1n) is 12.5. The molecular weight excluding hydrogens is 1250 g/mol. The van der Waals surface area contributed by atoms with E-state index < -0.39 is 0 Å². The molecule has 0 spiro atoms. The third kappa shape index (κ3) is 305. The fourth-order valence-electron chi connectivity index (χ4n) is 3.72. The molecule has 0 amide bonds. The Morgan fingerprint density at radius 2 is 0.182 bits per heavy atom. The van der Waals surface area contributed by atoms with E-state index in [1.165, 1.54) is 130 Å². The maximum Gasteiger partial charge on any atom is 6.00 e. The van der Waals surface area contributed by atoms with Crippen molar-refractivity contribution in [2.75, 3.05) is 105 Å². The normalized spacial score (nSPS) is 10.2. The molecule has 0 aromatic carbocycles. The van der Waals surface area contributed by atoms with Crippen LogP contribution in [0.5, 0.6) is 0 Å². The third-order valence-corrected chi connectivity index (χ3v) is 5.57. The molecule has 2 heterocycles. The Morgan fingerprint density at radius 3 is 0.242 bits per heavy atom. The van der Waals surface area contributed by atoms with Gasteiger partial charge >= 0.3 is 139 Å². The minimum Gasteiger partial charge on any atom is -2.00 e. The molecule has 20 N–H and O–H groups in total. The summed E-state index contributed by atoms with van der Waals surface area (Å²) in [6.07, 6.45) is 5.44. The van der Waals surface area contributed by atoms with Crippen molar-refractivity contribution in [3.05, 3.63) is 0 Å². The van der Waals surface area contributed by atoms with Gasteiger partial charge in [-0.2, -0.15) is 0 Å². The van der Waals surface area contributed by atoms with Crippen molar-refractivity contribution in [3.63, 3.8) is 0 Å². The summed E-state index contributed by atoms with van der Waals surface area (Å²) in [4.78, 5) is 0. The van der Waals surface area contributed by atoms with Crippen molar-refractivity contribution in [1.29, 1.82) is 0 Å². The van der Waals surface area contributed by atoms with Gasteiger partial charge in [-0.05, 0) is 0 Å². The van der Waals surface area contributed by atoms with Gasteiger partial charge in [0.1, 0.15) is 52.4 Å². The second-order valence-corrected chi connectivity index (χ2v) is 8.34. The Bertz CT molecular complexity index is 252. The van der Waals surface area contributed by atoms with E-state index in [2.05, 4.69) is 42.5 Å². The minimum absolute atomic E-state index is 0. The van der Waals surface area contributed by atoms with E-state index in [0.29, 0.717) is 0 Å². The Morgan fingerprint density at radius 1 is 0.121 bits per heavy atom. The van der Waals surface area contributed by atoms with Crippen LogP contribution in [0, 0.1) is 0 Å². The molecule has 2 rings (SSSR count). The van der Waals surface area contributed by atoms with Crippen LogP contribution in [0.25, 0.3) is 0 Å². The average Bonchev–Trinajstić information content (AvgIpc) is 2.72. The summed E-state index contributed by atoms with van der Waals surface area (Å²) in [7, 11) is 0. The van der Waals surface area contributed by atoms with Crippen molar-refractivity contribution < 1.29 is 346 Å². The van der Waals surface area contributed by atoms with Crippen molar-refractivity contribution in [1.82, 2.24) is 0 Å². The van der Waals surface area contributed by atoms with Gasteiger partial charge in [0.15, 0.2) is 0 Å². The van der Waals surface area contributed by atoms with Crippen LogP contribution in [-0.4, -0.2) is 116 Å². The van der Waals surface area contributed by atoms with Gasteiger partial charge in [-0.15, -0.1) is 0 Å². The summed E-state index contributed by atoms with van der Waals surface area (Å²) in [5.41, 5.74) is 0. The molecule has 66 heavy (non-hydrogen) atoms. The van der Waals surface area contributed by atoms with E-state index in [1.54, 1.807) is 0 Å². The first kappa shape index (κ1) is 334. The van der Waals surface area contributed by atoms with Gasteiger partial charge in [0, 0.05) is 25.7 Å². The van der Waals surface area contributed by atoms with E-state index in [-0.39, 0.29) is 303 Å². The number of quaternary nitrogens is 8. The van der Waals surface area contributed by atoms with Gasteiger partial charge in [0.25, 0.3) is 0 Å². The molecule has 2 aliphatic heterocycles. The molecule has 2 fully saturated rings. The maximum absolute atomic E-state index is 2.46. The maximum atomic E-state index is 2.46. The summed E-state index contributed by atoms with van der Waals surface area (Å²) in [6.45, 7) is 20.9. The van der Waals surface area contributed by atoms with Crippen LogP contribution in [0.1, 0.15) is 25.7 Å². The molecule has 46 heteroatoms. The van der Waals surface area contributed by atoms with E-state index in [4.69, 9.17) is 0 Å². The topological polar surface area (TPSA) is 994 Å². The number of hydrogen-bond acceptors (Lipinski definition) is 0. The monoisotopic (exact) mass is 1310 g/mol.